The Hall–Kier alpha value is -3.53. The van der Waals surface area contributed by atoms with Gasteiger partial charge in [0.2, 0.25) is 5.88 Å². The van der Waals surface area contributed by atoms with E-state index in [2.05, 4.69) is 22.3 Å². The van der Waals surface area contributed by atoms with Crippen LogP contribution in [-0.2, 0) is 4.74 Å². The van der Waals surface area contributed by atoms with E-state index in [1.54, 1.807) is 31.4 Å². The van der Waals surface area contributed by atoms with Crippen LogP contribution >= 0.6 is 0 Å². The number of amides is 1. The first kappa shape index (κ1) is 21.2. The van der Waals surface area contributed by atoms with Crippen molar-refractivity contribution in [2.45, 2.75) is 18.9 Å². The molecule has 1 aliphatic rings. The van der Waals surface area contributed by atoms with Gasteiger partial charge in [-0.25, -0.2) is 10.3 Å². The van der Waals surface area contributed by atoms with Crippen LogP contribution in [0.1, 0.15) is 18.4 Å². The van der Waals surface area contributed by atoms with E-state index in [4.69, 9.17) is 24.2 Å². The Balaban J connectivity index is 1.44. The van der Waals surface area contributed by atoms with Crippen LogP contribution in [0.4, 0.5) is 4.79 Å². The van der Waals surface area contributed by atoms with Gasteiger partial charge in [0.1, 0.15) is 11.9 Å². The summed E-state index contributed by atoms with van der Waals surface area (Å²) in [5.74, 6) is 1.30. The molecule has 10 nitrogen and oxygen atoms in total. The van der Waals surface area contributed by atoms with Crippen molar-refractivity contribution in [1.29, 1.82) is 0 Å². The first-order valence-corrected chi connectivity index (χ1v) is 9.37. The van der Waals surface area contributed by atoms with Gasteiger partial charge in [-0.3, -0.25) is 0 Å². The lowest BCUT2D eigenvalue weighted by Crippen LogP contribution is -2.41. The van der Waals surface area contributed by atoms with Gasteiger partial charge in [-0.15, -0.1) is 10.2 Å². The zero-order chi connectivity index (χ0) is 21.3. The topological polar surface area (TPSA) is 115 Å². The molecular formula is C20H24N4O6. The number of nitrogens with zero attached hydrogens (tertiary/aromatic N) is 3. The Morgan fingerprint density at radius 3 is 2.43 bits per heavy atom. The van der Waals surface area contributed by atoms with Gasteiger partial charge in [-0.2, -0.15) is 0 Å². The van der Waals surface area contributed by atoms with E-state index in [0.717, 1.165) is 5.56 Å². The van der Waals surface area contributed by atoms with Crippen LogP contribution < -0.4 is 19.8 Å². The predicted molar refractivity (Wildman–Crippen MR) is 107 cm³/mol. The number of rotatable bonds is 9. The lowest BCUT2D eigenvalue weighted by molar-refractivity contribution is 0.0511. The van der Waals surface area contributed by atoms with Crippen molar-refractivity contribution in [3.63, 3.8) is 0 Å². The Kier molecular flexibility index (Phi) is 7.28. The van der Waals surface area contributed by atoms with Gasteiger partial charge in [0.05, 0.1) is 5.70 Å². The van der Waals surface area contributed by atoms with Gasteiger partial charge in [-0.1, -0.05) is 6.58 Å². The molecule has 0 unspecified atom stereocenters. The average molecular weight is 416 g/mol. The monoisotopic (exact) mass is 416 g/mol. The second-order valence-electron chi connectivity index (χ2n) is 6.55. The van der Waals surface area contributed by atoms with Crippen LogP contribution in [0.3, 0.4) is 0 Å². The minimum Gasteiger partial charge on any atom is -0.473 e. The van der Waals surface area contributed by atoms with Crippen LogP contribution in [0.5, 0.6) is 17.5 Å². The van der Waals surface area contributed by atoms with Crippen LogP contribution in [-0.4, -0.2) is 59.4 Å². The highest BCUT2D eigenvalue weighted by Gasteiger charge is 2.23. The van der Waals surface area contributed by atoms with Gasteiger partial charge in [0.25, 0.3) is 5.88 Å². The molecule has 10 heteroatoms. The minimum atomic E-state index is -0.904. The SMILES string of the molecule is C=C(NOc1ccc(OC2CCN(C(=O)O)CC2)nn1)c1ccc(OCOC)cc1. The molecule has 1 aromatic carbocycles. The van der Waals surface area contributed by atoms with Gasteiger partial charge in [-0.05, 0) is 24.3 Å². The Bertz CT molecular complexity index is 835. The third-order valence-electron chi connectivity index (χ3n) is 4.44. The third kappa shape index (κ3) is 5.98. The van der Waals surface area contributed by atoms with E-state index in [1.807, 2.05) is 12.1 Å². The summed E-state index contributed by atoms with van der Waals surface area (Å²) >= 11 is 0. The smallest absolute Gasteiger partial charge is 0.407 e. The maximum Gasteiger partial charge on any atom is 0.407 e. The summed E-state index contributed by atoms with van der Waals surface area (Å²) in [6, 6.07) is 10.5. The maximum absolute atomic E-state index is 10.9. The lowest BCUT2D eigenvalue weighted by atomic mass is 10.1. The van der Waals surface area contributed by atoms with E-state index < -0.39 is 6.09 Å². The van der Waals surface area contributed by atoms with E-state index >= 15 is 0 Å². The molecule has 2 heterocycles. The summed E-state index contributed by atoms with van der Waals surface area (Å²) in [7, 11) is 1.56. The number of hydroxylamine groups is 1. The quantitative estimate of drug-likeness (QED) is 0.470. The van der Waals surface area contributed by atoms with Gasteiger partial charge in [0, 0.05) is 50.7 Å². The number of hydrogen-bond acceptors (Lipinski definition) is 8. The molecule has 1 amide bonds. The van der Waals surface area contributed by atoms with Crippen LogP contribution in [0.15, 0.2) is 43.0 Å². The zero-order valence-electron chi connectivity index (χ0n) is 16.6. The standard InChI is InChI=1S/C20H24N4O6/c1-14(15-3-5-16(6-4-15)28-13-27-2)23-30-19-8-7-18(21-22-19)29-17-9-11-24(12-10-17)20(25)26/h3-8,17,23H,1,9-13H2,2H3,(H,25,26). The fraction of sp³-hybridized carbons (Fsp3) is 0.350. The molecule has 0 bridgehead atoms. The van der Waals surface area contributed by atoms with Crippen molar-refractivity contribution in [1.82, 2.24) is 20.6 Å². The van der Waals surface area contributed by atoms with Crippen molar-refractivity contribution in [3.8, 4) is 17.5 Å². The van der Waals surface area contributed by atoms with Crippen molar-refractivity contribution >= 4 is 11.8 Å². The highest BCUT2D eigenvalue weighted by molar-refractivity contribution is 5.65. The summed E-state index contributed by atoms with van der Waals surface area (Å²) in [4.78, 5) is 17.7. The first-order valence-electron chi connectivity index (χ1n) is 9.37. The molecule has 30 heavy (non-hydrogen) atoms. The molecule has 1 aromatic heterocycles. The molecule has 0 aliphatic carbocycles. The molecule has 1 saturated heterocycles. The van der Waals surface area contributed by atoms with Gasteiger partial charge in [0.15, 0.2) is 6.79 Å². The Morgan fingerprint density at radius 1 is 1.17 bits per heavy atom. The van der Waals surface area contributed by atoms with E-state index in [-0.39, 0.29) is 18.8 Å². The highest BCUT2D eigenvalue weighted by atomic mass is 16.7. The number of aromatic nitrogens is 2. The lowest BCUT2D eigenvalue weighted by Gasteiger charge is -2.29. The molecule has 0 spiro atoms. The average Bonchev–Trinajstić information content (AvgIpc) is 2.77. The summed E-state index contributed by atoms with van der Waals surface area (Å²) in [5, 5.41) is 16.9. The van der Waals surface area contributed by atoms with E-state index in [0.29, 0.717) is 43.3 Å². The fourth-order valence-electron chi connectivity index (χ4n) is 2.81. The Labute approximate surface area is 174 Å². The summed E-state index contributed by atoms with van der Waals surface area (Å²) in [6.45, 7) is 5.00. The summed E-state index contributed by atoms with van der Waals surface area (Å²) in [5.41, 5.74) is 4.09. The van der Waals surface area contributed by atoms with Crippen LogP contribution in [0.2, 0.25) is 0 Å². The fourth-order valence-corrected chi connectivity index (χ4v) is 2.81. The van der Waals surface area contributed by atoms with Crippen LogP contribution in [0.25, 0.3) is 5.70 Å². The molecular weight excluding hydrogens is 392 g/mol. The molecule has 1 aliphatic heterocycles. The molecule has 0 radical (unpaired) electrons. The largest absolute Gasteiger partial charge is 0.473 e. The van der Waals surface area contributed by atoms with Crippen LogP contribution in [0, 0.1) is 0 Å². The zero-order valence-corrected chi connectivity index (χ0v) is 16.6. The number of benzene rings is 1. The van der Waals surface area contributed by atoms with Gasteiger partial charge < -0.3 is 29.1 Å². The summed E-state index contributed by atoms with van der Waals surface area (Å²) < 4.78 is 16.0. The summed E-state index contributed by atoms with van der Waals surface area (Å²) in [6.07, 6.45) is 0.237. The number of ether oxygens (including phenoxy) is 3. The number of likely N-dealkylation sites (tertiary alicyclic amines) is 1. The number of piperidine rings is 1. The van der Waals surface area contributed by atoms with Gasteiger partial charge >= 0.3 is 6.09 Å². The van der Waals surface area contributed by atoms with E-state index in [1.165, 1.54) is 4.90 Å². The van der Waals surface area contributed by atoms with Crippen molar-refractivity contribution < 1.29 is 28.9 Å². The normalized spacial score (nSPS) is 14.1. The first-order chi connectivity index (χ1) is 14.5. The number of carboxylic acid groups (broad SMARTS) is 1. The number of carbonyl (C=O) groups is 1. The minimum absolute atomic E-state index is 0.0876. The van der Waals surface area contributed by atoms with Crippen molar-refractivity contribution in [2.24, 2.45) is 0 Å². The third-order valence-corrected chi connectivity index (χ3v) is 4.44. The number of nitrogens with one attached hydrogen (secondary N) is 1. The maximum atomic E-state index is 10.9. The molecule has 3 rings (SSSR count). The Morgan fingerprint density at radius 2 is 1.83 bits per heavy atom. The second-order valence-corrected chi connectivity index (χ2v) is 6.55. The molecule has 1 fully saturated rings. The van der Waals surface area contributed by atoms with Crippen molar-refractivity contribution in [3.05, 3.63) is 48.5 Å². The molecule has 2 aromatic rings. The number of hydrogen-bond donors (Lipinski definition) is 2. The van der Waals surface area contributed by atoms with Crippen molar-refractivity contribution in [2.75, 3.05) is 27.0 Å². The number of methoxy groups -OCH3 is 1. The molecule has 0 saturated carbocycles. The predicted octanol–water partition coefficient (Wildman–Crippen LogP) is 2.53. The van der Waals surface area contributed by atoms with E-state index in [9.17, 15) is 4.79 Å². The molecule has 0 atom stereocenters. The molecule has 160 valence electrons. The highest BCUT2D eigenvalue weighted by Crippen LogP contribution is 2.19. The molecule has 2 N–H and O–H groups in total. The second kappa shape index (κ2) is 10.3.